The number of alkyl halides is 6. The van der Waals surface area contributed by atoms with Crippen LogP contribution in [0.5, 0.6) is 17.2 Å². The first-order valence-electron chi connectivity index (χ1n) is 14.9. The van der Waals surface area contributed by atoms with Crippen molar-refractivity contribution in [1.82, 2.24) is 10.2 Å². The molecule has 1 saturated heterocycles. The van der Waals surface area contributed by atoms with E-state index in [1.165, 1.54) is 25.1 Å². The summed E-state index contributed by atoms with van der Waals surface area (Å²) in [4.78, 5) is 40.3. The second kappa shape index (κ2) is 13.1. The summed E-state index contributed by atoms with van der Waals surface area (Å²) in [7, 11) is 0. The topological polar surface area (TPSA) is 105 Å². The summed E-state index contributed by atoms with van der Waals surface area (Å²) in [6.45, 7) is 7.90. The quantitative estimate of drug-likeness (QED) is 0.124. The number of nitrogens with zero attached hydrogens (tertiary/aromatic N) is 1. The highest BCUT2D eigenvalue weighted by Crippen LogP contribution is 2.50. The normalized spacial score (nSPS) is 17.1. The zero-order valence-corrected chi connectivity index (χ0v) is 26.7. The standard InChI is InChI=1S/C34H34F6N2O6/c1-6-7-21-17-23(32(46,33(35,36)37)34(38,39)40)10-15-28(21)48-25-13-14-26(20(4)16-25)27(43)18-42-29(44)31(5,41-30(42)45)22-8-11-24(12-9-22)47-19(2)3/h8-17,19,46H,6-7,18H2,1-5H3,(H,41,45)/t31-/m0/s1. The van der Waals surface area contributed by atoms with Crippen LogP contribution in [0.4, 0.5) is 31.1 Å². The zero-order valence-electron chi connectivity index (χ0n) is 26.7. The average Bonchev–Trinajstić information content (AvgIpc) is 3.20. The molecular formula is C34H34F6N2O6. The molecule has 14 heteroatoms. The fourth-order valence-electron chi connectivity index (χ4n) is 5.40. The van der Waals surface area contributed by atoms with Crippen LogP contribution < -0.4 is 14.8 Å². The number of imide groups is 1. The molecule has 258 valence electrons. The Labute approximate surface area is 272 Å². The van der Waals surface area contributed by atoms with Gasteiger partial charge in [-0.1, -0.05) is 31.5 Å². The molecule has 0 radical (unpaired) electrons. The minimum Gasteiger partial charge on any atom is -0.491 e. The molecule has 0 saturated carbocycles. The van der Waals surface area contributed by atoms with Gasteiger partial charge in [0.2, 0.25) is 0 Å². The Kier molecular flexibility index (Phi) is 9.92. The lowest BCUT2D eigenvalue weighted by Crippen LogP contribution is -2.53. The highest BCUT2D eigenvalue weighted by molar-refractivity contribution is 6.11. The number of aliphatic hydroxyl groups is 1. The fraction of sp³-hybridized carbons (Fsp3) is 0.382. The van der Waals surface area contributed by atoms with Crippen LogP contribution in [0.1, 0.15) is 66.7 Å². The monoisotopic (exact) mass is 680 g/mol. The fourth-order valence-corrected chi connectivity index (χ4v) is 5.40. The van der Waals surface area contributed by atoms with Crippen molar-refractivity contribution in [2.75, 3.05) is 6.54 Å². The van der Waals surface area contributed by atoms with Crippen LogP contribution >= 0.6 is 0 Å². The van der Waals surface area contributed by atoms with Crippen molar-refractivity contribution in [3.8, 4) is 17.2 Å². The van der Waals surface area contributed by atoms with E-state index < -0.39 is 53.3 Å². The van der Waals surface area contributed by atoms with Gasteiger partial charge in [0.1, 0.15) is 22.8 Å². The highest BCUT2D eigenvalue weighted by atomic mass is 19.4. The van der Waals surface area contributed by atoms with E-state index in [1.807, 2.05) is 13.8 Å². The van der Waals surface area contributed by atoms with Crippen molar-refractivity contribution in [2.24, 2.45) is 0 Å². The summed E-state index contributed by atoms with van der Waals surface area (Å²) in [6.07, 6.45) is -11.8. The molecule has 0 unspecified atom stereocenters. The van der Waals surface area contributed by atoms with Crippen molar-refractivity contribution >= 4 is 17.7 Å². The first-order valence-corrected chi connectivity index (χ1v) is 14.9. The molecular weight excluding hydrogens is 646 g/mol. The molecule has 3 amide bonds. The average molecular weight is 681 g/mol. The van der Waals surface area contributed by atoms with Crippen LogP contribution in [-0.2, 0) is 22.4 Å². The van der Waals surface area contributed by atoms with Crippen molar-refractivity contribution in [3.05, 3.63) is 88.5 Å². The van der Waals surface area contributed by atoms with Gasteiger partial charge in [0, 0.05) is 11.1 Å². The molecule has 0 spiro atoms. The summed E-state index contributed by atoms with van der Waals surface area (Å²) < 4.78 is 92.2. The molecule has 1 aliphatic rings. The number of ketones is 1. The number of nitrogens with one attached hydrogen (secondary N) is 1. The second-order valence-electron chi connectivity index (χ2n) is 11.9. The maximum atomic E-state index is 13.5. The molecule has 8 nitrogen and oxygen atoms in total. The van der Waals surface area contributed by atoms with E-state index in [0.29, 0.717) is 35.4 Å². The van der Waals surface area contributed by atoms with Gasteiger partial charge in [0.05, 0.1) is 12.6 Å². The maximum Gasteiger partial charge on any atom is 0.430 e. The number of aryl methyl sites for hydroxylation is 2. The third-order valence-electron chi connectivity index (χ3n) is 7.92. The van der Waals surface area contributed by atoms with E-state index in [2.05, 4.69) is 5.32 Å². The third-order valence-corrected chi connectivity index (χ3v) is 7.92. The molecule has 1 fully saturated rings. The number of amides is 3. The first-order chi connectivity index (χ1) is 22.2. The number of carbonyl (C=O) groups is 3. The molecule has 1 heterocycles. The number of carbonyl (C=O) groups excluding carboxylic acids is 3. The SMILES string of the molecule is CCCc1cc(C(O)(C(F)(F)F)C(F)(F)F)ccc1Oc1ccc(C(=O)CN2C(=O)N[C@@](C)(c3ccc(OC(C)C)cc3)C2=O)c(C)c1. The molecule has 1 aliphatic heterocycles. The van der Waals surface area contributed by atoms with E-state index in [-0.39, 0.29) is 35.2 Å². The van der Waals surface area contributed by atoms with Crippen molar-refractivity contribution in [3.63, 3.8) is 0 Å². The van der Waals surface area contributed by atoms with Gasteiger partial charge in [-0.05, 0) is 93.3 Å². The number of hydrogen-bond donors (Lipinski definition) is 2. The minimum absolute atomic E-state index is 0.0107. The van der Waals surface area contributed by atoms with Crippen LogP contribution in [0.2, 0.25) is 0 Å². The number of hydrogen-bond acceptors (Lipinski definition) is 6. The van der Waals surface area contributed by atoms with Gasteiger partial charge < -0.3 is 19.9 Å². The number of ether oxygens (including phenoxy) is 2. The third kappa shape index (κ3) is 6.84. The Bertz CT molecular complexity index is 1690. The molecule has 48 heavy (non-hydrogen) atoms. The van der Waals surface area contributed by atoms with Crippen LogP contribution in [0.15, 0.2) is 60.7 Å². The Balaban J connectivity index is 1.53. The lowest BCUT2D eigenvalue weighted by Gasteiger charge is -2.33. The van der Waals surface area contributed by atoms with Gasteiger partial charge in [0.25, 0.3) is 11.5 Å². The summed E-state index contributed by atoms with van der Waals surface area (Å²) >= 11 is 0. The number of benzene rings is 3. The number of Topliss-reactive ketones (excluding diaryl/α,β-unsaturated/α-hetero) is 1. The molecule has 0 aliphatic carbocycles. The largest absolute Gasteiger partial charge is 0.491 e. The Hall–Kier alpha value is -4.59. The lowest BCUT2D eigenvalue weighted by molar-refractivity contribution is -0.376. The Morgan fingerprint density at radius 1 is 0.938 bits per heavy atom. The number of rotatable bonds is 11. The van der Waals surface area contributed by atoms with E-state index in [0.717, 1.165) is 11.0 Å². The molecule has 3 aromatic carbocycles. The first kappa shape index (κ1) is 36.2. The van der Waals surface area contributed by atoms with Crippen LogP contribution in [0.3, 0.4) is 0 Å². The summed E-state index contributed by atoms with van der Waals surface area (Å²) in [5.74, 6) is -0.553. The van der Waals surface area contributed by atoms with E-state index in [9.17, 15) is 45.8 Å². The molecule has 1 atom stereocenters. The van der Waals surface area contributed by atoms with Gasteiger partial charge in [-0.3, -0.25) is 14.5 Å². The number of halogens is 6. The molecule has 4 rings (SSSR count). The lowest BCUT2D eigenvalue weighted by atomic mass is 9.90. The minimum atomic E-state index is -6.04. The second-order valence-corrected chi connectivity index (χ2v) is 11.9. The van der Waals surface area contributed by atoms with Gasteiger partial charge in [-0.2, -0.15) is 26.3 Å². The summed E-state index contributed by atoms with van der Waals surface area (Å²) in [6, 6.07) is 12.1. The molecule has 0 bridgehead atoms. The van der Waals surface area contributed by atoms with E-state index in [4.69, 9.17) is 9.47 Å². The van der Waals surface area contributed by atoms with Crippen molar-refractivity contribution in [1.29, 1.82) is 0 Å². The Morgan fingerprint density at radius 2 is 1.54 bits per heavy atom. The van der Waals surface area contributed by atoms with Gasteiger partial charge >= 0.3 is 18.4 Å². The maximum absolute atomic E-state index is 13.5. The zero-order chi connectivity index (χ0) is 35.8. The Morgan fingerprint density at radius 3 is 2.08 bits per heavy atom. The molecule has 3 aromatic rings. The molecule has 2 N–H and O–H groups in total. The summed E-state index contributed by atoms with van der Waals surface area (Å²) in [5, 5.41) is 12.5. The van der Waals surface area contributed by atoms with Crippen LogP contribution in [0.25, 0.3) is 0 Å². The van der Waals surface area contributed by atoms with Crippen molar-refractivity contribution < 1.29 is 55.3 Å². The van der Waals surface area contributed by atoms with Crippen LogP contribution in [-0.4, -0.2) is 52.7 Å². The van der Waals surface area contributed by atoms with Crippen LogP contribution in [0, 0.1) is 6.92 Å². The molecule has 0 aromatic heterocycles. The predicted octanol–water partition coefficient (Wildman–Crippen LogP) is 7.49. The predicted molar refractivity (Wildman–Crippen MR) is 162 cm³/mol. The van der Waals surface area contributed by atoms with E-state index in [1.54, 1.807) is 38.1 Å². The number of urea groups is 1. The van der Waals surface area contributed by atoms with E-state index >= 15 is 0 Å². The van der Waals surface area contributed by atoms with Gasteiger partial charge in [-0.15, -0.1) is 0 Å². The highest BCUT2D eigenvalue weighted by Gasteiger charge is 2.71. The van der Waals surface area contributed by atoms with Gasteiger partial charge in [-0.25, -0.2) is 4.79 Å². The smallest absolute Gasteiger partial charge is 0.430 e. The summed E-state index contributed by atoms with van der Waals surface area (Å²) in [5.41, 5.74) is -6.92. The van der Waals surface area contributed by atoms with Crippen molar-refractivity contribution in [2.45, 2.75) is 77.1 Å². The van der Waals surface area contributed by atoms with Gasteiger partial charge in [0.15, 0.2) is 5.78 Å².